The zero-order valence-corrected chi connectivity index (χ0v) is 13.0. The van der Waals surface area contributed by atoms with Crippen molar-refractivity contribution in [3.05, 3.63) is 35.4 Å². The summed E-state index contributed by atoms with van der Waals surface area (Å²) in [4.78, 5) is 10.5. The molecule has 0 amide bonds. The molecule has 23 heavy (non-hydrogen) atoms. The van der Waals surface area contributed by atoms with Crippen LogP contribution in [0.4, 0.5) is 11.8 Å². The van der Waals surface area contributed by atoms with Crippen molar-refractivity contribution in [3.8, 4) is 17.3 Å². The number of nitrogens with zero attached hydrogens (tertiary/aromatic N) is 4. The molecular formula is C17H20N6. The lowest BCUT2D eigenvalue weighted by molar-refractivity contribution is 0.221. The molecule has 1 aliphatic rings. The second-order valence-electron chi connectivity index (χ2n) is 5.84. The Morgan fingerprint density at radius 1 is 1.13 bits per heavy atom. The largest absolute Gasteiger partial charge is 0.382 e. The van der Waals surface area contributed by atoms with Crippen LogP contribution in [0.15, 0.2) is 24.3 Å². The Labute approximate surface area is 135 Å². The molecule has 1 saturated heterocycles. The maximum Gasteiger partial charge on any atom is 0.222 e. The lowest BCUT2D eigenvalue weighted by atomic mass is 10.0. The molecule has 0 bridgehead atoms. The molecule has 0 aliphatic carbocycles. The van der Waals surface area contributed by atoms with Gasteiger partial charge in [0.05, 0.1) is 5.69 Å². The zero-order valence-electron chi connectivity index (χ0n) is 13.0. The number of piperidine rings is 1. The van der Waals surface area contributed by atoms with Crippen molar-refractivity contribution in [1.82, 2.24) is 14.9 Å². The fourth-order valence-corrected chi connectivity index (χ4v) is 3.01. The summed E-state index contributed by atoms with van der Waals surface area (Å²) in [6.07, 6.45) is 3.84. The minimum absolute atomic E-state index is 0.0814. The van der Waals surface area contributed by atoms with Gasteiger partial charge in [-0.05, 0) is 37.6 Å². The second kappa shape index (κ2) is 6.63. The smallest absolute Gasteiger partial charge is 0.222 e. The number of hydrogen-bond acceptors (Lipinski definition) is 6. The third kappa shape index (κ3) is 3.41. The summed E-state index contributed by atoms with van der Waals surface area (Å²) in [6, 6.07) is 10.1. The van der Waals surface area contributed by atoms with E-state index >= 15 is 0 Å². The predicted octanol–water partition coefficient (Wildman–Crippen LogP) is 2.17. The molecule has 1 aromatic carbocycles. The first-order chi connectivity index (χ1) is 11.2. The van der Waals surface area contributed by atoms with Crippen LogP contribution >= 0.6 is 0 Å². The molecule has 4 N–H and O–H groups in total. The van der Waals surface area contributed by atoms with Gasteiger partial charge in [-0.15, -0.1) is 0 Å². The van der Waals surface area contributed by atoms with Crippen LogP contribution in [0, 0.1) is 11.3 Å². The normalized spacial score (nSPS) is 15.3. The van der Waals surface area contributed by atoms with Gasteiger partial charge in [-0.3, -0.25) is 4.90 Å². The Morgan fingerprint density at radius 2 is 1.91 bits per heavy atom. The van der Waals surface area contributed by atoms with Crippen LogP contribution in [0.25, 0.3) is 11.3 Å². The van der Waals surface area contributed by atoms with Gasteiger partial charge >= 0.3 is 0 Å². The summed E-state index contributed by atoms with van der Waals surface area (Å²) >= 11 is 0. The highest BCUT2D eigenvalue weighted by Crippen LogP contribution is 2.26. The van der Waals surface area contributed by atoms with Crippen LogP contribution in [0.2, 0.25) is 0 Å². The molecule has 0 saturated carbocycles. The Kier molecular flexibility index (Phi) is 4.40. The molecule has 118 valence electrons. The minimum Gasteiger partial charge on any atom is -0.382 e. The van der Waals surface area contributed by atoms with E-state index in [0.717, 1.165) is 25.2 Å². The Hall–Kier alpha value is -2.65. The molecule has 0 unspecified atom stereocenters. The fourth-order valence-electron chi connectivity index (χ4n) is 3.01. The number of nitriles is 1. The number of rotatable bonds is 3. The number of nitrogens with two attached hydrogens (primary N) is 2. The molecule has 1 fully saturated rings. The van der Waals surface area contributed by atoms with Crippen LogP contribution in [-0.4, -0.2) is 28.0 Å². The molecule has 0 atom stereocenters. The summed E-state index contributed by atoms with van der Waals surface area (Å²) in [7, 11) is 0. The average molecular weight is 308 g/mol. The quantitative estimate of drug-likeness (QED) is 0.900. The summed E-state index contributed by atoms with van der Waals surface area (Å²) in [5.74, 6) is 0.203. The third-order valence-electron chi connectivity index (χ3n) is 4.12. The first kappa shape index (κ1) is 15.3. The van der Waals surface area contributed by atoms with Crippen molar-refractivity contribution >= 4 is 11.8 Å². The molecule has 3 rings (SSSR count). The molecule has 0 spiro atoms. The second-order valence-corrected chi connectivity index (χ2v) is 5.84. The van der Waals surface area contributed by atoms with E-state index < -0.39 is 0 Å². The van der Waals surface area contributed by atoms with Crippen molar-refractivity contribution in [2.45, 2.75) is 25.8 Å². The van der Waals surface area contributed by atoms with Crippen LogP contribution in [0.1, 0.15) is 30.4 Å². The topological polar surface area (TPSA) is 105 Å². The maximum atomic E-state index is 9.32. The highest BCUT2D eigenvalue weighted by Gasteiger charge is 2.15. The number of benzene rings is 1. The van der Waals surface area contributed by atoms with Gasteiger partial charge in [-0.2, -0.15) is 10.2 Å². The highest BCUT2D eigenvalue weighted by molar-refractivity contribution is 5.73. The molecule has 6 heteroatoms. The maximum absolute atomic E-state index is 9.32. The standard InChI is InChI=1S/C17H20N6/c18-10-14-15(21-17(20)22-16(14)19)13-6-4-5-12(9-13)11-23-7-2-1-3-8-23/h4-6,9H,1-3,7-8,11H2,(H4,19,20,21,22). The lowest BCUT2D eigenvalue weighted by Gasteiger charge is -2.26. The molecule has 6 nitrogen and oxygen atoms in total. The van der Waals surface area contributed by atoms with Crippen LogP contribution in [0.5, 0.6) is 0 Å². The number of likely N-dealkylation sites (tertiary alicyclic amines) is 1. The van der Waals surface area contributed by atoms with Crippen molar-refractivity contribution in [2.75, 3.05) is 24.6 Å². The monoisotopic (exact) mass is 308 g/mol. The van der Waals surface area contributed by atoms with Crippen molar-refractivity contribution in [2.24, 2.45) is 0 Å². The summed E-state index contributed by atoms with van der Waals surface area (Å²) < 4.78 is 0. The van der Waals surface area contributed by atoms with Gasteiger partial charge in [0.2, 0.25) is 5.95 Å². The molecule has 2 heterocycles. The van der Waals surface area contributed by atoms with E-state index in [1.165, 1.54) is 24.8 Å². The van der Waals surface area contributed by atoms with Crippen molar-refractivity contribution < 1.29 is 0 Å². The van der Waals surface area contributed by atoms with Crippen molar-refractivity contribution in [3.63, 3.8) is 0 Å². The first-order valence-corrected chi connectivity index (χ1v) is 7.82. The highest BCUT2D eigenvalue weighted by atomic mass is 15.1. The van der Waals surface area contributed by atoms with Gasteiger partial charge in [0, 0.05) is 12.1 Å². The lowest BCUT2D eigenvalue weighted by Crippen LogP contribution is -2.29. The van der Waals surface area contributed by atoms with Crippen LogP contribution in [0.3, 0.4) is 0 Å². The van der Waals surface area contributed by atoms with E-state index in [-0.39, 0.29) is 17.3 Å². The van der Waals surface area contributed by atoms with E-state index in [1.54, 1.807) is 0 Å². The van der Waals surface area contributed by atoms with Gasteiger partial charge in [0.15, 0.2) is 0 Å². The predicted molar refractivity (Wildman–Crippen MR) is 90.1 cm³/mol. The van der Waals surface area contributed by atoms with E-state index in [0.29, 0.717) is 5.69 Å². The first-order valence-electron chi connectivity index (χ1n) is 7.82. The number of anilines is 2. The van der Waals surface area contributed by atoms with Crippen molar-refractivity contribution in [1.29, 1.82) is 5.26 Å². The zero-order chi connectivity index (χ0) is 16.2. The SMILES string of the molecule is N#Cc1c(N)nc(N)nc1-c1cccc(CN2CCCCC2)c1. The van der Waals surface area contributed by atoms with Gasteiger partial charge in [-0.1, -0.05) is 24.6 Å². The number of nitrogen functional groups attached to an aromatic ring is 2. The van der Waals surface area contributed by atoms with E-state index in [1.807, 2.05) is 12.1 Å². The number of hydrogen-bond donors (Lipinski definition) is 2. The van der Waals surface area contributed by atoms with E-state index in [2.05, 4.69) is 33.1 Å². The van der Waals surface area contributed by atoms with E-state index in [9.17, 15) is 5.26 Å². The molecule has 2 aromatic rings. The van der Waals surface area contributed by atoms with Gasteiger partial charge < -0.3 is 11.5 Å². The van der Waals surface area contributed by atoms with Gasteiger partial charge in [0.1, 0.15) is 17.5 Å². The van der Waals surface area contributed by atoms with E-state index in [4.69, 9.17) is 11.5 Å². The summed E-state index contributed by atoms with van der Waals surface area (Å²) in [5, 5.41) is 9.32. The molecular weight excluding hydrogens is 288 g/mol. The molecule has 1 aliphatic heterocycles. The third-order valence-corrected chi connectivity index (χ3v) is 4.12. The van der Waals surface area contributed by atoms with Crippen LogP contribution < -0.4 is 11.5 Å². The molecule has 1 aromatic heterocycles. The summed E-state index contributed by atoms with van der Waals surface area (Å²) in [6.45, 7) is 3.19. The summed E-state index contributed by atoms with van der Waals surface area (Å²) in [5.41, 5.74) is 14.3. The molecule has 0 radical (unpaired) electrons. The van der Waals surface area contributed by atoms with Crippen LogP contribution in [-0.2, 0) is 6.54 Å². The average Bonchev–Trinajstić information content (AvgIpc) is 2.55. The Balaban J connectivity index is 1.92. The minimum atomic E-state index is 0.0814. The van der Waals surface area contributed by atoms with Gasteiger partial charge in [-0.25, -0.2) is 4.98 Å². The number of aromatic nitrogens is 2. The Morgan fingerprint density at radius 3 is 2.65 bits per heavy atom. The Bertz CT molecular complexity index is 743. The van der Waals surface area contributed by atoms with Gasteiger partial charge in [0.25, 0.3) is 0 Å². The fraction of sp³-hybridized carbons (Fsp3) is 0.353.